The number of fused-ring (bicyclic) bond motifs is 1. The van der Waals surface area contributed by atoms with E-state index in [9.17, 15) is 0 Å². The molecule has 0 bridgehead atoms. The second-order valence-corrected chi connectivity index (χ2v) is 6.94. The van der Waals surface area contributed by atoms with Gasteiger partial charge < -0.3 is 4.90 Å². The van der Waals surface area contributed by atoms with Crippen LogP contribution in [0.25, 0.3) is 10.2 Å². The molecular weight excluding hydrogens is 306 g/mol. The van der Waals surface area contributed by atoms with Crippen molar-refractivity contribution in [3.63, 3.8) is 0 Å². The second-order valence-electron chi connectivity index (χ2n) is 6.02. The van der Waals surface area contributed by atoms with Crippen LogP contribution < -0.4 is 4.90 Å². The van der Waals surface area contributed by atoms with Gasteiger partial charge in [0.2, 0.25) is 0 Å². The van der Waals surface area contributed by atoms with Crippen molar-refractivity contribution in [3.05, 3.63) is 41.1 Å². The van der Waals surface area contributed by atoms with Crippen LogP contribution in [0.5, 0.6) is 0 Å². The normalized spacial score (nSPS) is 16.2. The van der Waals surface area contributed by atoms with Gasteiger partial charge in [0.15, 0.2) is 0 Å². The lowest BCUT2D eigenvalue weighted by atomic mass is 9.93. The van der Waals surface area contributed by atoms with Crippen LogP contribution in [0.3, 0.4) is 0 Å². The maximum atomic E-state index is 4.71. The lowest BCUT2D eigenvalue weighted by molar-refractivity contribution is 0.493. The van der Waals surface area contributed by atoms with Crippen LogP contribution >= 0.6 is 11.3 Å². The summed E-state index contributed by atoms with van der Waals surface area (Å²) in [5.41, 5.74) is 2.24. The molecule has 0 unspecified atom stereocenters. The van der Waals surface area contributed by atoms with Gasteiger partial charge in [-0.2, -0.15) is 0 Å². The summed E-state index contributed by atoms with van der Waals surface area (Å²) >= 11 is 1.73. The fourth-order valence-corrected chi connectivity index (χ4v) is 4.11. The summed E-state index contributed by atoms with van der Waals surface area (Å²) in [7, 11) is 0. The molecule has 0 radical (unpaired) electrons. The third kappa shape index (κ3) is 2.79. The third-order valence-corrected chi connectivity index (χ3v) is 5.31. The highest BCUT2D eigenvalue weighted by molar-refractivity contribution is 7.17. The molecule has 0 aromatic carbocycles. The molecule has 23 heavy (non-hydrogen) atoms. The van der Waals surface area contributed by atoms with E-state index in [2.05, 4.69) is 37.4 Å². The van der Waals surface area contributed by atoms with Gasteiger partial charge in [-0.15, -0.1) is 11.3 Å². The van der Waals surface area contributed by atoms with E-state index in [0.717, 1.165) is 48.9 Å². The molecule has 0 N–H and O–H groups in total. The highest BCUT2D eigenvalue weighted by atomic mass is 32.1. The van der Waals surface area contributed by atoms with Crippen molar-refractivity contribution in [2.45, 2.75) is 32.6 Å². The van der Waals surface area contributed by atoms with Gasteiger partial charge in [0.25, 0.3) is 0 Å². The maximum Gasteiger partial charge on any atom is 0.150 e. The first-order valence-electron chi connectivity index (χ1n) is 7.97. The van der Waals surface area contributed by atoms with Crippen molar-refractivity contribution in [2.75, 3.05) is 18.0 Å². The van der Waals surface area contributed by atoms with E-state index in [1.807, 2.05) is 20.0 Å². The predicted octanol–water partition coefficient (Wildman–Crippen LogP) is 3.48. The second kappa shape index (κ2) is 5.85. The summed E-state index contributed by atoms with van der Waals surface area (Å²) in [6, 6.07) is 4.13. The minimum absolute atomic E-state index is 0.523. The fourth-order valence-electron chi connectivity index (χ4n) is 3.26. The number of nitrogens with zero attached hydrogens (tertiary/aromatic N) is 5. The Bertz CT molecular complexity index is 836. The summed E-state index contributed by atoms with van der Waals surface area (Å²) in [6.07, 6.45) is 4.08. The highest BCUT2D eigenvalue weighted by Gasteiger charge is 2.24. The van der Waals surface area contributed by atoms with Gasteiger partial charge in [-0.3, -0.25) is 0 Å². The molecule has 3 aromatic rings. The molecule has 3 aromatic heterocycles. The van der Waals surface area contributed by atoms with Crippen molar-refractivity contribution in [3.8, 4) is 0 Å². The molecule has 4 heterocycles. The average Bonchev–Trinajstić information content (AvgIpc) is 3.02. The third-order valence-electron chi connectivity index (χ3n) is 4.41. The Morgan fingerprint density at radius 1 is 1.04 bits per heavy atom. The predicted molar refractivity (Wildman–Crippen MR) is 93.1 cm³/mol. The number of aromatic nitrogens is 4. The zero-order chi connectivity index (χ0) is 15.8. The average molecular weight is 325 g/mol. The van der Waals surface area contributed by atoms with Crippen LogP contribution in [0.15, 0.2) is 23.7 Å². The summed E-state index contributed by atoms with van der Waals surface area (Å²) in [4.78, 5) is 20.4. The Balaban J connectivity index is 1.56. The Labute approximate surface area is 139 Å². The quantitative estimate of drug-likeness (QED) is 0.722. The smallest absolute Gasteiger partial charge is 0.150 e. The molecule has 0 spiro atoms. The van der Waals surface area contributed by atoms with E-state index in [0.29, 0.717) is 5.92 Å². The van der Waals surface area contributed by atoms with Gasteiger partial charge in [-0.25, -0.2) is 19.9 Å². The number of rotatable bonds is 2. The Morgan fingerprint density at radius 3 is 2.65 bits per heavy atom. The lowest BCUT2D eigenvalue weighted by Gasteiger charge is -2.32. The Hall–Kier alpha value is -2.08. The lowest BCUT2D eigenvalue weighted by Crippen LogP contribution is -2.34. The molecule has 6 heteroatoms. The number of hydrogen-bond acceptors (Lipinski definition) is 6. The van der Waals surface area contributed by atoms with Gasteiger partial charge >= 0.3 is 0 Å². The largest absolute Gasteiger partial charge is 0.355 e. The molecule has 118 valence electrons. The Kier molecular flexibility index (Phi) is 3.69. The van der Waals surface area contributed by atoms with E-state index in [1.54, 1.807) is 11.3 Å². The van der Waals surface area contributed by atoms with Crippen molar-refractivity contribution in [1.82, 2.24) is 19.9 Å². The molecule has 1 aliphatic heterocycles. The molecule has 0 atom stereocenters. The molecular formula is C17H19N5S. The molecule has 0 saturated carbocycles. The van der Waals surface area contributed by atoms with E-state index < -0.39 is 0 Å². The summed E-state index contributed by atoms with van der Waals surface area (Å²) in [6.45, 7) is 5.95. The summed E-state index contributed by atoms with van der Waals surface area (Å²) in [5.74, 6) is 3.32. The fraction of sp³-hybridized carbons (Fsp3) is 0.412. The minimum atomic E-state index is 0.523. The van der Waals surface area contributed by atoms with Crippen molar-refractivity contribution < 1.29 is 0 Å². The molecule has 0 amide bonds. The number of aryl methyl sites for hydroxylation is 2. The molecule has 1 aliphatic rings. The number of piperidine rings is 1. The van der Waals surface area contributed by atoms with Gasteiger partial charge in [0.05, 0.1) is 10.2 Å². The van der Waals surface area contributed by atoms with Gasteiger partial charge in [0, 0.05) is 30.9 Å². The maximum absolute atomic E-state index is 4.71. The first-order chi connectivity index (χ1) is 11.2. The summed E-state index contributed by atoms with van der Waals surface area (Å²) < 4.78 is 1.20. The van der Waals surface area contributed by atoms with Crippen LogP contribution in [0.4, 0.5) is 5.82 Å². The minimum Gasteiger partial charge on any atom is -0.355 e. The first-order valence-corrected chi connectivity index (χ1v) is 8.85. The molecule has 1 fully saturated rings. The van der Waals surface area contributed by atoms with E-state index in [-0.39, 0.29) is 0 Å². The van der Waals surface area contributed by atoms with E-state index in [1.165, 1.54) is 10.4 Å². The molecule has 5 nitrogen and oxygen atoms in total. The van der Waals surface area contributed by atoms with Gasteiger partial charge in [-0.1, -0.05) is 0 Å². The molecule has 0 aliphatic carbocycles. The van der Waals surface area contributed by atoms with Crippen LogP contribution in [-0.2, 0) is 0 Å². The zero-order valence-electron chi connectivity index (χ0n) is 13.4. The van der Waals surface area contributed by atoms with E-state index in [4.69, 9.17) is 4.98 Å². The van der Waals surface area contributed by atoms with Gasteiger partial charge in [0.1, 0.15) is 17.5 Å². The number of hydrogen-bond donors (Lipinski definition) is 0. The number of anilines is 1. The first kappa shape index (κ1) is 14.5. The van der Waals surface area contributed by atoms with Crippen molar-refractivity contribution >= 4 is 27.4 Å². The Morgan fingerprint density at radius 2 is 1.87 bits per heavy atom. The number of thiophene rings is 1. The molecule has 4 rings (SSSR count). The topological polar surface area (TPSA) is 54.8 Å². The van der Waals surface area contributed by atoms with Crippen LogP contribution in [0.1, 0.15) is 36.1 Å². The van der Waals surface area contributed by atoms with E-state index >= 15 is 0 Å². The van der Waals surface area contributed by atoms with Crippen LogP contribution in [-0.4, -0.2) is 33.0 Å². The summed E-state index contributed by atoms with van der Waals surface area (Å²) in [5, 5.41) is 2.10. The SMILES string of the molecule is Cc1nccc(C2CCN(c3nc(C)nc4ccsc34)CC2)n1. The van der Waals surface area contributed by atoms with Crippen molar-refractivity contribution in [2.24, 2.45) is 0 Å². The molecule has 1 saturated heterocycles. The zero-order valence-corrected chi connectivity index (χ0v) is 14.2. The van der Waals surface area contributed by atoms with Crippen LogP contribution in [0, 0.1) is 13.8 Å². The highest BCUT2D eigenvalue weighted by Crippen LogP contribution is 2.33. The van der Waals surface area contributed by atoms with Crippen LogP contribution in [0.2, 0.25) is 0 Å². The van der Waals surface area contributed by atoms with Crippen molar-refractivity contribution in [1.29, 1.82) is 0 Å². The standard InChI is InChI=1S/C17H19N5S/c1-11-18-7-3-14(19-11)13-4-8-22(9-5-13)17-16-15(6-10-23-16)20-12(2)21-17/h3,6-7,10,13H,4-5,8-9H2,1-2H3. The van der Waals surface area contributed by atoms with Gasteiger partial charge in [-0.05, 0) is 44.2 Å². The monoisotopic (exact) mass is 325 g/mol.